The third-order valence-corrected chi connectivity index (χ3v) is 4.62. The van der Waals surface area contributed by atoms with Gasteiger partial charge in [0.2, 0.25) is 11.8 Å². The van der Waals surface area contributed by atoms with Crippen molar-refractivity contribution < 1.29 is 18.6 Å². The highest BCUT2D eigenvalue weighted by atomic mass is 19.1. The fraction of sp³-hybridized carbons (Fsp3) is 0.471. The van der Waals surface area contributed by atoms with Crippen LogP contribution in [-0.4, -0.2) is 45.0 Å². The number of amides is 1. The Labute approximate surface area is 154 Å². The zero-order valence-electron chi connectivity index (χ0n) is 15.1. The minimum atomic E-state index is -0.648. The van der Waals surface area contributed by atoms with Crippen LogP contribution in [0, 0.1) is 15.9 Å². The molecule has 0 aliphatic carbocycles. The van der Waals surface area contributed by atoms with Gasteiger partial charge in [-0.05, 0) is 12.5 Å². The smallest absolute Gasteiger partial charge is 0.272 e. The number of hydrogen-bond acceptors (Lipinski definition) is 7. The number of anilines is 1. The standard InChI is InChI=1S/C17H20FN5O4/c1-3-17-19-16(20-27-17)10-22(11(2)24)13-6-7-21(9-13)15-5-4-12(23(25)26)8-14(15)18/h4-5,8,13H,3,6-7,9-10H2,1-2H3. The Hall–Kier alpha value is -3.04. The van der Waals surface area contributed by atoms with Gasteiger partial charge >= 0.3 is 0 Å². The quantitative estimate of drug-likeness (QED) is 0.562. The van der Waals surface area contributed by atoms with Crippen molar-refractivity contribution in [2.45, 2.75) is 39.3 Å². The molecule has 1 unspecified atom stereocenters. The van der Waals surface area contributed by atoms with Crippen LogP contribution in [0.15, 0.2) is 22.7 Å². The summed E-state index contributed by atoms with van der Waals surface area (Å²) in [7, 11) is 0. The lowest BCUT2D eigenvalue weighted by Gasteiger charge is -2.27. The molecule has 0 N–H and O–H groups in total. The monoisotopic (exact) mass is 377 g/mol. The van der Waals surface area contributed by atoms with Gasteiger partial charge in [0.05, 0.1) is 29.3 Å². The lowest BCUT2D eigenvalue weighted by atomic mass is 10.2. The first kappa shape index (κ1) is 18.7. The molecule has 1 aliphatic heterocycles. The molecule has 1 aromatic heterocycles. The van der Waals surface area contributed by atoms with Gasteiger partial charge in [0, 0.05) is 32.5 Å². The van der Waals surface area contributed by atoms with Crippen LogP contribution in [-0.2, 0) is 17.8 Å². The van der Waals surface area contributed by atoms with Crippen molar-refractivity contribution in [2.75, 3.05) is 18.0 Å². The van der Waals surface area contributed by atoms with Crippen LogP contribution in [0.25, 0.3) is 0 Å². The van der Waals surface area contributed by atoms with Gasteiger partial charge in [-0.1, -0.05) is 12.1 Å². The fourth-order valence-electron chi connectivity index (χ4n) is 3.23. The van der Waals surface area contributed by atoms with Gasteiger partial charge in [-0.15, -0.1) is 0 Å². The summed E-state index contributed by atoms with van der Waals surface area (Å²) in [4.78, 5) is 29.9. The van der Waals surface area contributed by atoms with Crippen molar-refractivity contribution in [1.29, 1.82) is 0 Å². The van der Waals surface area contributed by atoms with Gasteiger partial charge < -0.3 is 14.3 Å². The zero-order valence-corrected chi connectivity index (χ0v) is 15.1. The van der Waals surface area contributed by atoms with E-state index < -0.39 is 10.7 Å². The van der Waals surface area contributed by atoms with Crippen molar-refractivity contribution in [3.8, 4) is 0 Å². The number of carbonyl (C=O) groups is 1. The summed E-state index contributed by atoms with van der Waals surface area (Å²) < 4.78 is 19.4. The first-order chi connectivity index (χ1) is 12.9. The SMILES string of the molecule is CCc1nc(CN(C(C)=O)C2CCN(c3ccc([N+](=O)[O-])cc3F)C2)no1. The van der Waals surface area contributed by atoms with Crippen LogP contribution in [0.1, 0.15) is 32.0 Å². The van der Waals surface area contributed by atoms with Gasteiger partial charge in [0.15, 0.2) is 11.6 Å². The Balaban J connectivity index is 1.72. The number of rotatable bonds is 6. The molecule has 0 spiro atoms. The molecule has 3 rings (SSSR count). The number of nitrogens with zero attached hydrogens (tertiary/aromatic N) is 5. The predicted octanol–water partition coefficient (Wildman–Crippen LogP) is 2.31. The Bertz CT molecular complexity index is 856. The Morgan fingerprint density at radius 3 is 2.89 bits per heavy atom. The second-order valence-corrected chi connectivity index (χ2v) is 6.39. The summed E-state index contributed by atoms with van der Waals surface area (Å²) in [5.74, 6) is 0.162. The van der Waals surface area contributed by atoms with Crippen molar-refractivity contribution in [2.24, 2.45) is 0 Å². The number of aryl methyl sites for hydroxylation is 1. The maximum Gasteiger partial charge on any atom is 0.272 e. The number of benzene rings is 1. The largest absolute Gasteiger partial charge is 0.367 e. The van der Waals surface area contributed by atoms with Gasteiger partial charge in [0.25, 0.3) is 5.69 Å². The highest BCUT2D eigenvalue weighted by Gasteiger charge is 2.31. The molecule has 1 amide bonds. The molecule has 0 saturated carbocycles. The zero-order chi connectivity index (χ0) is 19.6. The lowest BCUT2D eigenvalue weighted by molar-refractivity contribution is -0.385. The molecule has 1 aliphatic rings. The Morgan fingerprint density at radius 1 is 1.52 bits per heavy atom. The first-order valence-corrected chi connectivity index (χ1v) is 8.66. The molecule has 1 fully saturated rings. The summed E-state index contributed by atoms with van der Waals surface area (Å²) in [5, 5.41) is 14.6. The molecule has 2 heterocycles. The molecule has 1 atom stereocenters. The minimum Gasteiger partial charge on any atom is -0.367 e. The van der Waals surface area contributed by atoms with Crippen molar-refractivity contribution >= 4 is 17.3 Å². The topological polar surface area (TPSA) is 106 Å². The first-order valence-electron chi connectivity index (χ1n) is 8.66. The van der Waals surface area contributed by atoms with E-state index in [1.165, 1.54) is 19.1 Å². The molecule has 2 aromatic rings. The average Bonchev–Trinajstić information content (AvgIpc) is 3.28. The maximum atomic E-state index is 14.3. The molecule has 1 aromatic carbocycles. The molecule has 27 heavy (non-hydrogen) atoms. The van der Waals surface area contributed by atoms with Gasteiger partial charge in [-0.3, -0.25) is 14.9 Å². The van der Waals surface area contributed by atoms with Crippen LogP contribution >= 0.6 is 0 Å². The van der Waals surface area contributed by atoms with Crippen molar-refractivity contribution in [3.63, 3.8) is 0 Å². The van der Waals surface area contributed by atoms with Crippen LogP contribution in [0.5, 0.6) is 0 Å². The number of hydrogen-bond donors (Lipinski definition) is 0. The lowest BCUT2D eigenvalue weighted by Crippen LogP contribution is -2.40. The Kier molecular flexibility index (Phi) is 5.33. The molecule has 1 saturated heterocycles. The molecular formula is C17H20FN5O4. The van der Waals surface area contributed by atoms with E-state index in [-0.39, 0.29) is 24.2 Å². The fourth-order valence-corrected chi connectivity index (χ4v) is 3.23. The van der Waals surface area contributed by atoms with Crippen LogP contribution in [0.2, 0.25) is 0 Å². The molecule has 10 heteroatoms. The molecule has 0 bridgehead atoms. The summed E-state index contributed by atoms with van der Waals surface area (Å²) in [5.41, 5.74) is 0.000580. The number of halogens is 1. The van der Waals surface area contributed by atoms with Crippen LogP contribution in [0.4, 0.5) is 15.8 Å². The molecular weight excluding hydrogens is 357 g/mol. The molecule has 0 radical (unpaired) electrons. The van der Waals surface area contributed by atoms with Crippen molar-refractivity contribution in [3.05, 3.63) is 45.8 Å². The Morgan fingerprint density at radius 2 is 2.30 bits per heavy atom. The summed E-state index contributed by atoms with van der Waals surface area (Å²) in [6, 6.07) is 3.46. The van der Waals surface area contributed by atoms with Gasteiger partial charge in [-0.2, -0.15) is 4.98 Å². The summed E-state index contributed by atoms with van der Waals surface area (Å²) >= 11 is 0. The van der Waals surface area contributed by atoms with Crippen molar-refractivity contribution in [1.82, 2.24) is 15.0 Å². The van der Waals surface area contributed by atoms with Gasteiger partial charge in [-0.25, -0.2) is 4.39 Å². The number of nitro benzene ring substituents is 1. The average molecular weight is 377 g/mol. The normalized spacial score (nSPS) is 16.6. The van der Waals surface area contributed by atoms with E-state index in [1.54, 1.807) is 9.80 Å². The highest BCUT2D eigenvalue weighted by Crippen LogP contribution is 2.28. The third-order valence-electron chi connectivity index (χ3n) is 4.62. The van der Waals surface area contributed by atoms with Crippen LogP contribution in [0.3, 0.4) is 0 Å². The second-order valence-electron chi connectivity index (χ2n) is 6.39. The highest BCUT2D eigenvalue weighted by molar-refractivity contribution is 5.73. The van der Waals surface area contributed by atoms with E-state index in [1.807, 2.05) is 6.92 Å². The van der Waals surface area contributed by atoms with E-state index in [9.17, 15) is 19.3 Å². The van der Waals surface area contributed by atoms with E-state index in [2.05, 4.69) is 10.1 Å². The van der Waals surface area contributed by atoms with E-state index in [4.69, 9.17) is 4.52 Å². The van der Waals surface area contributed by atoms with E-state index in [0.29, 0.717) is 43.3 Å². The number of carbonyl (C=O) groups excluding carboxylic acids is 1. The second kappa shape index (κ2) is 7.68. The van der Waals surface area contributed by atoms with E-state index in [0.717, 1.165) is 6.07 Å². The van der Waals surface area contributed by atoms with Gasteiger partial charge in [0.1, 0.15) is 0 Å². The maximum absolute atomic E-state index is 14.3. The number of non-ortho nitro benzene ring substituents is 1. The van der Waals surface area contributed by atoms with E-state index >= 15 is 0 Å². The van der Waals surface area contributed by atoms with Crippen LogP contribution < -0.4 is 4.90 Å². The number of aromatic nitrogens is 2. The summed E-state index contributed by atoms with van der Waals surface area (Å²) in [6.45, 7) is 4.55. The molecule has 144 valence electrons. The summed E-state index contributed by atoms with van der Waals surface area (Å²) in [6.07, 6.45) is 1.26. The predicted molar refractivity (Wildman–Crippen MR) is 93.6 cm³/mol. The number of nitro groups is 1. The molecule has 9 nitrogen and oxygen atoms in total. The third kappa shape index (κ3) is 4.04. The minimum absolute atomic E-state index is 0.131.